The molecule has 1 atom stereocenters. The van der Waals surface area contributed by atoms with E-state index < -0.39 is 17.4 Å². The second-order valence-corrected chi connectivity index (χ2v) is 5.56. The van der Waals surface area contributed by atoms with E-state index in [2.05, 4.69) is 11.4 Å². The zero-order chi connectivity index (χ0) is 14.2. The lowest BCUT2D eigenvalue weighted by Crippen LogP contribution is -2.57. The van der Waals surface area contributed by atoms with Crippen LogP contribution in [0.4, 0.5) is 0 Å². The second kappa shape index (κ2) is 4.65. The molecule has 0 aromatic carbocycles. The summed E-state index contributed by atoms with van der Waals surface area (Å²) in [5, 5.41) is 11.8. The number of nitrogens with one attached hydrogen (secondary N) is 1. The standard InChI is InChI=1S/C13H17N3O3/c1-8-5-13(6-8,7-14)12(19)15-9-3-4-10(17)16(2)11(9)18/h8-9H,3-6H2,1-2H3,(H,15,19). The number of carbonyl (C=O) groups excluding carboxylic acids is 3. The molecule has 6 heteroatoms. The van der Waals surface area contributed by atoms with Gasteiger partial charge >= 0.3 is 0 Å². The minimum Gasteiger partial charge on any atom is -0.343 e. The van der Waals surface area contributed by atoms with Crippen LogP contribution >= 0.6 is 0 Å². The van der Waals surface area contributed by atoms with Gasteiger partial charge in [0.1, 0.15) is 11.5 Å². The third-order valence-corrected chi connectivity index (χ3v) is 4.00. The molecular weight excluding hydrogens is 246 g/mol. The number of amides is 3. The number of hydrogen-bond acceptors (Lipinski definition) is 4. The summed E-state index contributed by atoms with van der Waals surface area (Å²) in [5.74, 6) is -0.654. The Labute approximate surface area is 111 Å². The first kappa shape index (κ1) is 13.5. The summed E-state index contributed by atoms with van der Waals surface area (Å²) in [6.07, 6.45) is 1.62. The first-order valence-corrected chi connectivity index (χ1v) is 6.42. The van der Waals surface area contributed by atoms with Crippen molar-refractivity contribution in [1.82, 2.24) is 10.2 Å². The Kier molecular flexibility index (Phi) is 3.31. The summed E-state index contributed by atoms with van der Waals surface area (Å²) in [6.45, 7) is 1.99. The molecule has 2 aliphatic rings. The van der Waals surface area contributed by atoms with Crippen LogP contribution in [0.15, 0.2) is 0 Å². The van der Waals surface area contributed by atoms with Gasteiger partial charge in [0.2, 0.25) is 11.8 Å². The summed E-state index contributed by atoms with van der Waals surface area (Å²) in [4.78, 5) is 36.4. The molecule has 2 rings (SSSR count). The lowest BCUT2D eigenvalue weighted by molar-refractivity contribution is -0.151. The molecule has 0 bridgehead atoms. The van der Waals surface area contributed by atoms with E-state index in [9.17, 15) is 14.4 Å². The quantitative estimate of drug-likeness (QED) is 0.720. The Balaban J connectivity index is 2.02. The van der Waals surface area contributed by atoms with Gasteiger partial charge in [0.15, 0.2) is 0 Å². The lowest BCUT2D eigenvalue weighted by atomic mass is 9.63. The van der Waals surface area contributed by atoms with Crippen molar-refractivity contribution < 1.29 is 14.4 Å². The zero-order valence-corrected chi connectivity index (χ0v) is 11.1. The zero-order valence-electron chi connectivity index (χ0n) is 11.1. The summed E-state index contributed by atoms with van der Waals surface area (Å²) in [7, 11) is 1.41. The van der Waals surface area contributed by atoms with Crippen LogP contribution in [0.5, 0.6) is 0 Å². The first-order valence-electron chi connectivity index (χ1n) is 6.42. The van der Waals surface area contributed by atoms with Crippen LogP contribution in [0.25, 0.3) is 0 Å². The summed E-state index contributed by atoms with van der Waals surface area (Å²) < 4.78 is 0. The van der Waals surface area contributed by atoms with E-state index in [0.717, 1.165) is 4.90 Å². The normalized spacial score (nSPS) is 34.5. The SMILES string of the molecule is CC1CC(C#N)(C(=O)NC2CCC(=O)N(C)C2=O)C1. The number of carbonyl (C=O) groups is 3. The summed E-state index contributed by atoms with van der Waals surface area (Å²) in [5.41, 5.74) is -0.986. The van der Waals surface area contributed by atoms with Crippen LogP contribution in [0, 0.1) is 22.7 Å². The Hall–Kier alpha value is -1.90. The molecule has 0 spiro atoms. The minimum atomic E-state index is -0.986. The van der Waals surface area contributed by atoms with Crippen LogP contribution in [-0.4, -0.2) is 35.7 Å². The molecule has 2 fully saturated rings. The second-order valence-electron chi connectivity index (χ2n) is 5.56. The number of nitriles is 1. The van der Waals surface area contributed by atoms with Gasteiger partial charge in [0.05, 0.1) is 6.07 Å². The number of rotatable bonds is 2. The highest BCUT2D eigenvalue weighted by Crippen LogP contribution is 2.45. The Morgan fingerprint density at radius 3 is 2.63 bits per heavy atom. The van der Waals surface area contributed by atoms with Crippen LogP contribution in [-0.2, 0) is 14.4 Å². The smallest absolute Gasteiger partial charge is 0.251 e. The molecule has 0 aromatic heterocycles. The van der Waals surface area contributed by atoms with Crippen molar-refractivity contribution in [3.63, 3.8) is 0 Å². The van der Waals surface area contributed by atoms with Crippen molar-refractivity contribution in [3.05, 3.63) is 0 Å². The van der Waals surface area contributed by atoms with Crippen molar-refractivity contribution in [1.29, 1.82) is 5.26 Å². The Bertz CT molecular complexity index is 474. The van der Waals surface area contributed by atoms with Crippen LogP contribution in [0.3, 0.4) is 0 Å². The van der Waals surface area contributed by atoms with Crippen molar-refractivity contribution in [2.75, 3.05) is 7.05 Å². The van der Waals surface area contributed by atoms with Gasteiger partial charge in [-0.05, 0) is 25.2 Å². The number of imide groups is 1. The number of likely N-dealkylation sites (tertiary alicyclic amines) is 1. The average Bonchev–Trinajstić information content (AvgIpc) is 2.35. The fraction of sp³-hybridized carbons (Fsp3) is 0.692. The monoisotopic (exact) mass is 263 g/mol. The summed E-state index contributed by atoms with van der Waals surface area (Å²) >= 11 is 0. The lowest BCUT2D eigenvalue weighted by Gasteiger charge is -2.40. The number of hydrogen-bond donors (Lipinski definition) is 1. The Morgan fingerprint density at radius 1 is 1.47 bits per heavy atom. The fourth-order valence-corrected chi connectivity index (χ4v) is 2.80. The maximum absolute atomic E-state index is 12.1. The predicted octanol–water partition coefficient (Wildman–Crippen LogP) is 0.190. The summed E-state index contributed by atoms with van der Waals surface area (Å²) in [6, 6.07) is 1.38. The van der Waals surface area contributed by atoms with E-state index in [1.807, 2.05) is 6.92 Å². The third-order valence-electron chi connectivity index (χ3n) is 4.00. The number of piperidine rings is 1. The van der Waals surface area contributed by atoms with E-state index in [0.29, 0.717) is 25.2 Å². The third kappa shape index (κ3) is 2.21. The topological polar surface area (TPSA) is 90.3 Å². The number of nitrogens with zero attached hydrogens (tertiary/aromatic N) is 2. The maximum atomic E-state index is 12.1. The Morgan fingerprint density at radius 2 is 2.11 bits per heavy atom. The van der Waals surface area contributed by atoms with E-state index in [-0.39, 0.29) is 18.2 Å². The molecule has 102 valence electrons. The predicted molar refractivity (Wildman–Crippen MR) is 65.4 cm³/mol. The average molecular weight is 263 g/mol. The molecule has 3 amide bonds. The number of likely N-dealkylation sites (N-methyl/N-ethyl adjacent to an activating group) is 1. The van der Waals surface area contributed by atoms with Crippen molar-refractivity contribution in [2.24, 2.45) is 11.3 Å². The van der Waals surface area contributed by atoms with E-state index in [1.165, 1.54) is 7.05 Å². The van der Waals surface area contributed by atoms with Gasteiger partial charge in [-0.25, -0.2) is 0 Å². The first-order chi connectivity index (χ1) is 8.89. The van der Waals surface area contributed by atoms with Crippen molar-refractivity contribution in [2.45, 2.75) is 38.6 Å². The molecule has 1 N–H and O–H groups in total. The largest absolute Gasteiger partial charge is 0.343 e. The van der Waals surface area contributed by atoms with Gasteiger partial charge in [-0.1, -0.05) is 6.92 Å². The molecule has 0 aromatic rings. The van der Waals surface area contributed by atoms with Gasteiger partial charge in [0, 0.05) is 13.5 Å². The fourth-order valence-electron chi connectivity index (χ4n) is 2.80. The van der Waals surface area contributed by atoms with E-state index >= 15 is 0 Å². The van der Waals surface area contributed by atoms with Gasteiger partial charge < -0.3 is 5.32 Å². The minimum absolute atomic E-state index is 0.234. The molecule has 0 radical (unpaired) electrons. The molecule has 1 aliphatic carbocycles. The van der Waals surface area contributed by atoms with E-state index in [4.69, 9.17) is 5.26 Å². The molecule has 19 heavy (non-hydrogen) atoms. The van der Waals surface area contributed by atoms with Gasteiger partial charge in [-0.15, -0.1) is 0 Å². The van der Waals surface area contributed by atoms with Crippen molar-refractivity contribution in [3.8, 4) is 6.07 Å². The van der Waals surface area contributed by atoms with Gasteiger partial charge in [0.25, 0.3) is 5.91 Å². The van der Waals surface area contributed by atoms with Crippen LogP contribution in [0.2, 0.25) is 0 Å². The molecule has 1 heterocycles. The molecule has 1 unspecified atom stereocenters. The molecule has 1 saturated carbocycles. The molecular formula is C13H17N3O3. The van der Waals surface area contributed by atoms with Gasteiger partial charge in [-0.3, -0.25) is 19.3 Å². The molecule has 1 aliphatic heterocycles. The molecule has 1 saturated heterocycles. The maximum Gasteiger partial charge on any atom is 0.251 e. The van der Waals surface area contributed by atoms with Crippen LogP contribution in [0.1, 0.15) is 32.6 Å². The van der Waals surface area contributed by atoms with Crippen LogP contribution < -0.4 is 5.32 Å². The van der Waals surface area contributed by atoms with E-state index in [1.54, 1.807) is 0 Å². The highest BCUT2D eigenvalue weighted by atomic mass is 16.2. The van der Waals surface area contributed by atoms with Crippen molar-refractivity contribution >= 4 is 17.7 Å². The van der Waals surface area contributed by atoms with Gasteiger partial charge in [-0.2, -0.15) is 5.26 Å². The molecule has 6 nitrogen and oxygen atoms in total. The highest BCUT2D eigenvalue weighted by molar-refractivity contribution is 6.02. The highest BCUT2D eigenvalue weighted by Gasteiger charge is 2.50.